The van der Waals surface area contributed by atoms with Gasteiger partial charge in [-0.05, 0) is 31.2 Å². The molecule has 0 spiro atoms. The Morgan fingerprint density at radius 3 is 2.81 bits per heavy atom. The number of methoxy groups -OCH3 is 1. The number of ether oxygens (including phenoxy) is 1. The summed E-state index contributed by atoms with van der Waals surface area (Å²) in [5.41, 5.74) is 1.59. The molecule has 0 aliphatic carbocycles. The Morgan fingerprint density at radius 1 is 1.38 bits per heavy atom. The van der Waals surface area contributed by atoms with E-state index in [4.69, 9.17) is 9.15 Å². The van der Waals surface area contributed by atoms with Crippen molar-refractivity contribution in [1.82, 2.24) is 0 Å². The number of hydrogen-bond acceptors (Lipinski definition) is 4. The summed E-state index contributed by atoms with van der Waals surface area (Å²) in [7, 11) is 1.58. The molecular weight excluding hydrogens is 268 g/mol. The third-order valence-electron chi connectivity index (χ3n) is 3.01. The lowest BCUT2D eigenvalue weighted by Gasteiger charge is -2.16. The number of nitrogens with one attached hydrogen (secondary N) is 2. The lowest BCUT2D eigenvalue weighted by atomic mass is 10.1. The number of carbonyl (C=O) groups excluding carboxylic acids is 1. The van der Waals surface area contributed by atoms with Gasteiger partial charge in [0.15, 0.2) is 0 Å². The predicted octanol–water partition coefficient (Wildman–Crippen LogP) is 3.29. The summed E-state index contributed by atoms with van der Waals surface area (Å²) < 4.78 is 10.6. The third-order valence-corrected chi connectivity index (χ3v) is 3.01. The van der Waals surface area contributed by atoms with Gasteiger partial charge < -0.3 is 19.8 Å². The second-order valence-electron chi connectivity index (χ2n) is 4.93. The molecule has 5 heteroatoms. The Balaban J connectivity index is 2.04. The van der Waals surface area contributed by atoms with Gasteiger partial charge in [0.25, 0.3) is 0 Å². The summed E-state index contributed by atoms with van der Waals surface area (Å²) in [4.78, 5) is 11.1. The van der Waals surface area contributed by atoms with Crippen LogP contribution in [0.3, 0.4) is 0 Å². The summed E-state index contributed by atoms with van der Waals surface area (Å²) in [6.07, 6.45) is 2.47. The lowest BCUT2D eigenvalue weighted by molar-refractivity contribution is -0.114. The van der Waals surface area contributed by atoms with E-state index in [0.29, 0.717) is 11.4 Å². The van der Waals surface area contributed by atoms with Gasteiger partial charge in [-0.3, -0.25) is 4.79 Å². The quantitative estimate of drug-likeness (QED) is 0.856. The van der Waals surface area contributed by atoms with Crippen LogP contribution in [-0.2, 0) is 11.2 Å². The zero-order valence-electron chi connectivity index (χ0n) is 12.5. The predicted molar refractivity (Wildman–Crippen MR) is 82.8 cm³/mol. The zero-order valence-corrected chi connectivity index (χ0v) is 12.5. The van der Waals surface area contributed by atoms with E-state index in [1.807, 2.05) is 30.3 Å². The van der Waals surface area contributed by atoms with Crippen LogP contribution in [0, 0.1) is 0 Å². The standard InChI is InChI=1S/C16H20N2O3/c1-11(9-14-5-4-8-21-14)17-13-6-7-15(18-12(2)19)16(10-13)20-3/h4-8,10-11,17H,9H2,1-3H3,(H,18,19). The van der Waals surface area contributed by atoms with Gasteiger partial charge in [-0.1, -0.05) is 0 Å². The molecule has 5 nitrogen and oxygen atoms in total. The van der Waals surface area contributed by atoms with Crippen molar-refractivity contribution in [3.8, 4) is 5.75 Å². The van der Waals surface area contributed by atoms with Gasteiger partial charge in [0.05, 0.1) is 19.1 Å². The number of rotatable bonds is 6. The SMILES string of the molecule is COc1cc(NC(C)Cc2ccco2)ccc1NC(C)=O. The van der Waals surface area contributed by atoms with Crippen molar-refractivity contribution in [2.24, 2.45) is 0 Å². The van der Waals surface area contributed by atoms with Crippen LogP contribution < -0.4 is 15.4 Å². The van der Waals surface area contributed by atoms with Gasteiger partial charge in [0, 0.05) is 31.1 Å². The summed E-state index contributed by atoms with van der Waals surface area (Å²) >= 11 is 0. The van der Waals surface area contributed by atoms with Crippen molar-refractivity contribution in [2.75, 3.05) is 17.7 Å². The summed E-state index contributed by atoms with van der Waals surface area (Å²) in [6.45, 7) is 3.55. The molecule has 2 aromatic rings. The first-order chi connectivity index (χ1) is 10.1. The molecule has 0 saturated heterocycles. The van der Waals surface area contributed by atoms with Gasteiger partial charge in [-0.15, -0.1) is 0 Å². The molecule has 0 bridgehead atoms. The van der Waals surface area contributed by atoms with Gasteiger partial charge >= 0.3 is 0 Å². The molecule has 0 fully saturated rings. The lowest BCUT2D eigenvalue weighted by Crippen LogP contribution is -2.18. The van der Waals surface area contributed by atoms with E-state index in [0.717, 1.165) is 17.9 Å². The summed E-state index contributed by atoms with van der Waals surface area (Å²) in [5, 5.41) is 6.12. The zero-order chi connectivity index (χ0) is 15.2. The monoisotopic (exact) mass is 288 g/mol. The molecule has 0 radical (unpaired) electrons. The second-order valence-corrected chi connectivity index (χ2v) is 4.93. The van der Waals surface area contributed by atoms with Crippen LogP contribution in [0.1, 0.15) is 19.6 Å². The number of hydrogen-bond donors (Lipinski definition) is 2. The normalized spacial score (nSPS) is 11.8. The van der Waals surface area contributed by atoms with E-state index in [1.54, 1.807) is 13.4 Å². The van der Waals surface area contributed by atoms with Crippen LogP contribution in [0.4, 0.5) is 11.4 Å². The first kappa shape index (κ1) is 15.0. The molecule has 112 valence electrons. The Bertz CT molecular complexity index is 594. The number of carbonyl (C=O) groups is 1. The fourth-order valence-corrected chi connectivity index (χ4v) is 2.14. The van der Waals surface area contributed by atoms with Crippen LogP contribution in [0.25, 0.3) is 0 Å². The van der Waals surface area contributed by atoms with Crippen molar-refractivity contribution in [3.05, 3.63) is 42.4 Å². The summed E-state index contributed by atoms with van der Waals surface area (Å²) in [5.74, 6) is 1.44. The maximum atomic E-state index is 11.1. The molecular formula is C16H20N2O3. The molecule has 1 heterocycles. The molecule has 2 rings (SSSR count). The number of anilines is 2. The first-order valence-electron chi connectivity index (χ1n) is 6.83. The highest BCUT2D eigenvalue weighted by molar-refractivity contribution is 5.90. The van der Waals surface area contributed by atoms with Gasteiger partial charge in [0.1, 0.15) is 11.5 Å². The average Bonchev–Trinajstić information content (AvgIpc) is 2.92. The van der Waals surface area contributed by atoms with Gasteiger partial charge in [-0.25, -0.2) is 0 Å². The van der Waals surface area contributed by atoms with Crippen molar-refractivity contribution >= 4 is 17.3 Å². The molecule has 2 N–H and O–H groups in total. The molecule has 21 heavy (non-hydrogen) atoms. The van der Waals surface area contributed by atoms with Crippen molar-refractivity contribution in [3.63, 3.8) is 0 Å². The van der Waals surface area contributed by atoms with Crippen LogP contribution in [0.15, 0.2) is 41.0 Å². The highest BCUT2D eigenvalue weighted by Gasteiger charge is 2.09. The summed E-state index contributed by atoms with van der Waals surface area (Å²) in [6, 6.07) is 9.65. The molecule has 1 amide bonds. The number of amides is 1. The Labute approximate surface area is 124 Å². The Kier molecular flexibility index (Phi) is 4.87. The van der Waals surface area contributed by atoms with Crippen molar-refractivity contribution in [1.29, 1.82) is 0 Å². The van der Waals surface area contributed by atoms with E-state index in [-0.39, 0.29) is 11.9 Å². The van der Waals surface area contributed by atoms with E-state index in [9.17, 15) is 4.79 Å². The van der Waals surface area contributed by atoms with Crippen LogP contribution in [-0.4, -0.2) is 19.1 Å². The largest absolute Gasteiger partial charge is 0.494 e. The average molecular weight is 288 g/mol. The fourth-order valence-electron chi connectivity index (χ4n) is 2.14. The Hall–Kier alpha value is -2.43. The van der Waals surface area contributed by atoms with E-state index in [2.05, 4.69) is 17.6 Å². The van der Waals surface area contributed by atoms with E-state index in [1.165, 1.54) is 6.92 Å². The minimum Gasteiger partial charge on any atom is -0.494 e. The van der Waals surface area contributed by atoms with Crippen LogP contribution in [0.5, 0.6) is 5.75 Å². The molecule has 1 aromatic carbocycles. The molecule has 0 aliphatic rings. The van der Waals surface area contributed by atoms with Crippen LogP contribution in [0.2, 0.25) is 0 Å². The van der Waals surface area contributed by atoms with Gasteiger partial charge in [0.2, 0.25) is 5.91 Å². The Morgan fingerprint density at radius 2 is 2.19 bits per heavy atom. The smallest absolute Gasteiger partial charge is 0.221 e. The molecule has 1 atom stereocenters. The van der Waals surface area contributed by atoms with E-state index >= 15 is 0 Å². The van der Waals surface area contributed by atoms with Gasteiger partial charge in [-0.2, -0.15) is 0 Å². The van der Waals surface area contributed by atoms with E-state index < -0.39 is 0 Å². The fraction of sp³-hybridized carbons (Fsp3) is 0.312. The van der Waals surface area contributed by atoms with Crippen molar-refractivity contribution < 1.29 is 13.9 Å². The second kappa shape index (κ2) is 6.83. The highest BCUT2D eigenvalue weighted by Crippen LogP contribution is 2.28. The van der Waals surface area contributed by atoms with Crippen molar-refractivity contribution in [2.45, 2.75) is 26.3 Å². The third kappa shape index (κ3) is 4.27. The first-order valence-corrected chi connectivity index (χ1v) is 6.83. The minimum atomic E-state index is -0.125. The number of benzene rings is 1. The maximum absolute atomic E-state index is 11.1. The molecule has 1 unspecified atom stereocenters. The number of furan rings is 1. The molecule has 1 aromatic heterocycles. The highest BCUT2D eigenvalue weighted by atomic mass is 16.5. The van der Waals surface area contributed by atoms with Crippen LogP contribution >= 0.6 is 0 Å². The molecule has 0 aliphatic heterocycles. The molecule has 0 saturated carbocycles. The minimum absolute atomic E-state index is 0.125. The topological polar surface area (TPSA) is 63.5 Å². The maximum Gasteiger partial charge on any atom is 0.221 e.